The van der Waals surface area contributed by atoms with Gasteiger partial charge >= 0.3 is 12.1 Å². The number of ether oxygens (including phenoxy) is 2. The number of aryl methyl sites for hydroxylation is 1. The van der Waals surface area contributed by atoms with Crippen LogP contribution < -0.4 is 11.1 Å². The molecule has 8 nitrogen and oxygen atoms in total. The summed E-state index contributed by atoms with van der Waals surface area (Å²) in [4.78, 5) is 38.9. The number of esters is 1. The van der Waals surface area contributed by atoms with Gasteiger partial charge in [-0.3, -0.25) is 4.79 Å². The van der Waals surface area contributed by atoms with E-state index in [0.29, 0.717) is 25.9 Å². The Kier molecular flexibility index (Phi) is 8.87. The second-order valence-corrected chi connectivity index (χ2v) is 9.82. The first kappa shape index (κ1) is 26.2. The molecule has 0 bridgehead atoms. The quantitative estimate of drug-likeness (QED) is 0.560. The van der Waals surface area contributed by atoms with Crippen LogP contribution in [-0.4, -0.2) is 47.1 Å². The molecule has 1 aliphatic heterocycles. The van der Waals surface area contributed by atoms with E-state index in [1.54, 1.807) is 4.90 Å². The number of amides is 2. The fourth-order valence-electron chi connectivity index (χ4n) is 3.90. The number of nitrogens with one attached hydrogen (secondary N) is 1. The maximum atomic E-state index is 12.9. The molecular weight excluding hydrogens is 446 g/mol. The normalized spacial score (nSPS) is 17.7. The molecule has 1 saturated heterocycles. The minimum Gasteiger partial charge on any atom is -0.459 e. The molecule has 1 heterocycles. The van der Waals surface area contributed by atoms with Crippen molar-refractivity contribution in [3.63, 3.8) is 0 Å². The van der Waals surface area contributed by atoms with Gasteiger partial charge in [-0.15, -0.1) is 0 Å². The van der Waals surface area contributed by atoms with Gasteiger partial charge < -0.3 is 25.4 Å². The molecule has 3 rings (SSSR count). The summed E-state index contributed by atoms with van der Waals surface area (Å²) in [7, 11) is 0. The molecule has 2 aromatic carbocycles. The highest BCUT2D eigenvalue weighted by molar-refractivity contribution is 5.85. The zero-order valence-electron chi connectivity index (χ0n) is 20.7. The third kappa shape index (κ3) is 8.40. The first-order valence-electron chi connectivity index (χ1n) is 11.9. The summed E-state index contributed by atoms with van der Waals surface area (Å²) < 4.78 is 10.7. The lowest BCUT2D eigenvalue weighted by atomic mass is 10.1. The Bertz CT molecular complexity index is 1000. The summed E-state index contributed by atoms with van der Waals surface area (Å²) in [5.74, 6) is -0.535. The highest BCUT2D eigenvalue weighted by atomic mass is 16.6. The number of nitrogens with zero attached hydrogens (tertiary/aromatic N) is 1. The molecule has 0 radical (unpaired) electrons. The number of benzene rings is 2. The smallest absolute Gasteiger partial charge is 0.407 e. The van der Waals surface area contributed by atoms with Gasteiger partial charge in [0, 0.05) is 25.6 Å². The second-order valence-electron chi connectivity index (χ2n) is 9.82. The average Bonchev–Trinajstić information content (AvgIpc) is 3.22. The van der Waals surface area contributed by atoms with E-state index in [1.807, 2.05) is 75.4 Å². The van der Waals surface area contributed by atoms with E-state index in [0.717, 1.165) is 16.7 Å². The van der Waals surface area contributed by atoms with E-state index in [4.69, 9.17) is 15.2 Å². The maximum Gasteiger partial charge on any atom is 0.407 e. The van der Waals surface area contributed by atoms with Crippen LogP contribution in [0.15, 0.2) is 54.6 Å². The molecule has 1 fully saturated rings. The van der Waals surface area contributed by atoms with Crippen molar-refractivity contribution in [2.75, 3.05) is 6.54 Å². The number of carbonyl (C=O) groups is 3. The number of hydrogen-bond acceptors (Lipinski definition) is 6. The lowest BCUT2D eigenvalue weighted by Crippen LogP contribution is -2.41. The topological polar surface area (TPSA) is 111 Å². The molecule has 35 heavy (non-hydrogen) atoms. The van der Waals surface area contributed by atoms with Gasteiger partial charge in [0.25, 0.3) is 0 Å². The molecule has 8 heteroatoms. The van der Waals surface area contributed by atoms with Crippen LogP contribution >= 0.6 is 0 Å². The zero-order valence-corrected chi connectivity index (χ0v) is 20.7. The first-order valence-corrected chi connectivity index (χ1v) is 11.9. The fourth-order valence-corrected chi connectivity index (χ4v) is 3.90. The van der Waals surface area contributed by atoms with Gasteiger partial charge in [-0.25, -0.2) is 9.59 Å². The van der Waals surface area contributed by atoms with Gasteiger partial charge in [-0.1, -0.05) is 54.6 Å². The van der Waals surface area contributed by atoms with Crippen LogP contribution in [-0.2, 0) is 38.6 Å². The highest BCUT2D eigenvalue weighted by Gasteiger charge is 2.38. The standard InChI is InChI=1S/C27H35N3O5/c1-27(2,3)35-26(33)29-16-20-11-9-19(10-12-20)13-14-24(31)30-17-22(28)15-23(30)25(32)34-18-21-7-5-4-6-8-21/h4-12,22-23H,13-18,28H2,1-3H3,(H,29,33). The molecule has 2 unspecified atom stereocenters. The molecule has 2 aromatic rings. The molecule has 2 atom stereocenters. The maximum absolute atomic E-state index is 12.9. The monoisotopic (exact) mass is 481 g/mol. The number of nitrogens with two attached hydrogens (primary N) is 1. The number of rotatable bonds is 8. The fraction of sp³-hybridized carbons (Fsp3) is 0.444. The Labute approximate surface area is 206 Å². The predicted molar refractivity (Wildman–Crippen MR) is 132 cm³/mol. The molecule has 0 spiro atoms. The minimum absolute atomic E-state index is 0.115. The number of likely N-dealkylation sites (tertiary alicyclic amines) is 1. The summed E-state index contributed by atoms with van der Waals surface area (Å²) in [5.41, 5.74) is 8.34. The molecular formula is C27H35N3O5. The largest absolute Gasteiger partial charge is 0.459 e. The predicted octanol–water partition coefficient (Wildman–Crippen LogP) is 3.32. The van der Waals surface area contributed by atoms with Crippen LogP contribution in [0.5, 0.6) is 0 Å². The second kappa shape index (κ2) is 11.8. The van der Waals surface area contributed by atoms with Crippen molar-refractivity contribution in [1.82, 2.24) is 10.2 Å². The van der Waals surface area contributed by atoms with Crippen molar-refractivity contribution in [3.8, 4) is 0 Å². The van der Waals surface area contributed by atoms with E-state index >= 15 is 0 Å². The van der Waals surface area contributed by atoms with Crippen LogP contribution in [0, 0.1) is 0 Å². The van der Waals surface area contributed by atoms with Crippen molar-refractivity contribution >= 4 is 18.0 Å². The van der Waals surface area contributed by atoms with Crippen molar-refractivity contribution in [1.29, 1.82) is 0 Å². The Morgan fingerprint density at radius 3 is 2.31 bits per heavy atom. The van der Waals surface area contributed by atoms with Crippen LogP contribution in [0.3, 0.4) is 0 Å². The molecule has 3 N–H and O–H groups in total. The Morgan fingerprint density at radius 2 is 1.66 bits per heavy atom. The summed E-state index contributed by atoms with van der Waals surface area (Å²) in [6, 6.07) is 16.2. The summed E-state index contributed by atoms with van der Waals surface area (Å²) >= 11 is 0. The SMILES string of the molecule is CC(C)(C)OC(=O)NCc1ccc(CCC(=O)N2CC(N)CC2C(=O)OCc2ccccc2)cc1. The molecule has 1 aliphatic rings. The number of hydrogen-bond donors (Lipinski definition) is 2. The third-order valence-electron chi connectivity index (χ3n) is 5.64. The third-order valence-corrected chi connectivity index (χ3v) is 5.64. The molecule has 0 aliphatic carbocycles. The van der Waals surface area contributed by atoms with E-state index in [2.05, 4.69) is 5.32 Å². The minimum atomic E-state index is -0.650. The number of carbonyl (C=O) groups excluding carboxylic acids is 3. The molecule has 188 valence electrons. The molecule has 2 amide bonds. The van der Waals surface area contributed by atoms with Gasteiger partial charge in [-0.2, -0.15) is 0 Å². The van der Waals surface area contributed by atoms with E-state index in [1.165, 1.54) is 0 Å². The first-order chi connectivity index (χ1) is 16.6. The Balaban J connectivity index is 1.47. The van der Waals surface area contributed by atoms with Crippen LogP contribution in [0.4, 0.5) is 4.79 Å². The summed E-state index contributed by atoms with van der Waals surface area (Å²) in [5, 5.41) is 2.72. The highest BCUT2D eigenvalue weighted by Crippen LogP contribution is 2.21. The van der Waals surface area contributed by atoms with E-state index < -0.39 is 23.7 Å². The Morgan fingerprint density at radius 1 is 1.00 bits per heavy atom. The van der Waals surface area contributed by atoms with Crippen molar-refractivity contribution < 1.29 is 23.9 Å². The van der Waals surface area contributed by atoms with E-state index in [-0.39, 0.29) is 25.0 Å². The summed E-state index contributed by atoms with van der Waals surface area (Å²) in [6.07, 6.45) is 0.743. The van der Waals surface area contributed by atoms with Crippen LogP contribution in [0.1, 0.15) is 50.3 Å². The van der Waals surface area contributed by atoms with Gasteiger partial charge in [-0.05, 0) is 50.3 Å². The van der Waals surface area contributed by atoms with Gasteiger partial charge in [0.2, 0.25) is 5.91 Å². The lowest BCUT2D eigenvalue weighted by Gasteiger charge is -2.23. The van der Waals surface area contributed by atoms with Crippen LogP contribution in [0.25, 0.3) is 0 Å². The summed E-state index contributed by atoms with van der Waals surface area (Å²) in [6.45, 7) is 6.31. The van der Waals surface area contributed by atoms with Gasteiger partial charge in [0.15, 0.2) is 0 Å². The average molecular weight is 482 g/mol. The van der Waals surface area contributed by atoms with Gasteiger partial charge in [0.05, 0.1) is 0 Å². The van der Waals surface area contributed by atoms with Crippen molar-refractivity contribution in [2.24, 2.45) is 5.73 Å². The van der Waals surface area contributed by atoms with E-state index in [9.17, 15) is 14.4 Å². The van der Waals surface area contributed by atoms with Gasteiger partial charge in [0.1, 0.15) is 18.2 Å². The molecule has 0 aromatic heterocycles. The van der Waals surface area contributed by atoms with Crippen LogP contribution in [0.2, 0.25) is 0 Å². The molecule has 0 saturated carbocycles. The zero-order chi connectivity index (χ0) is 25.4. The lowest BCUT2D eigenvalue weighted by molar-refractivity contribution is -0.154. The Hall–Kier alpha value is -3.39. The van der Waals surface area contributed by atoms with Crippen molar-refractivity contribution in [3.05, 3.63) is 71.3 Å². The van der Waals surface area contributed by atoms with Crippen molar-refractivity contribution in [2.45, 2.75) is 70.9 Å². The number of alkyl carbamates (subject to hydrolysis) is 1.